The lowest BCUT2D eigenvalue weighted by molar-refractivity contribution is -0.148. The van der Waals surface area contributed by atoms with E-state index in [4.69, 9.17) is 15.3 Å². The third kappa shape index (κ3) is 7.89. The van der Waals surface area contributed by atoms with Crippen LogP contribution < -0.4 is 21.3 Å². The number of nitrogens with zero attached hydrogens (tertiary/aromatic N) is 4. The summed E-state index contributed by atoms with van der Waals surface area (Å²) in [5.41, 5.74) is 0.871. The summed E-state index contributed by atoms with van der Waals surface area (Å²) >= 11 is 0. The van der Waals surface area contributed by atoms with Crippen molar-refractivity contribution in [1.82, 2.24) is 35.5 Å². The molecule has 0 aliphatic carbocycles. The van der Waals surface area contributed by atoms with Crippen LogP contribution in [0.15, 0.2) is 12.7 Å². The second-order valence-corrected chi connectivity index (χ2v) is 7.33. The maximum Gasteiger partial charge on any atom is 0.326 e. The highest BCUT2D eigenvalue weighted by molar-refractivity contribution is 5.94. The zero-order chi connectivity index (χ0) is 26.8. The fourth-order valence-electron chi connectivity index (χ4n) is 3.00. The van der Waals surface area contributed by atoms with Gasteiger partial charge in [0.2, 0.25) is 17.7 Å². The zero-order valence-corrected chi connectivity index (χ0v) is 18.9. The molecule has 0 radical (unpaired) electrons. The van der Waals surface area contributed by atoms with Crippen LogP contribution >= 0.6 is 0 Å². The van der Waals surface area contributed by atoms with Crippen molar-refractivity contribution in [2.45, 2.75) is 37.9 Å². The highest BCUT2D eigenvalue weighted by Crippen LogP contribution is 2.16. The molecule has 194 valence electrons. The van der Waals surface area contributed by atoms with E-state index in [0.29, 0.717) is 17.0 Å². The van der Waals surface area contributed by atoms with Crippen molar-refractivity contribution in [1.29, 1.82) is 0 Å². The molecule has 0 saturated heterocycles. The number of amides is 3. The third-order valence-electron chi connectivity index (χ3n) is 4.65. The summed E-state index contributed by atoms with van der Waals surface area (Å²) in [4.78, 5) is 81.9. The van der Waals surface area contributed by atoms with E-state index >= 15 is 0 Å². The number of carbonyl (C=O) groups is 6. The van der Waals surface area contributed by atoms with Crippen LogP contribution in [-0.4, -0.2) is 96.1 Å². The highest BCUT2D eigenvalue weighted by atomic mass is 16.4. The number of carboxylic acids is 3. The Balaban J connectivity index is 1.90. The maximum absolute atomic E-state index is 12.3. The van der Waals surface area contributed by atoms with Gasteiger partial charge < -0.3 is 41.2 Å². The van der Waals surface area contributed by atoms with Crippen molar-refractivity contribution in [3.05, 3.63) is 12.7 Å². The molecule has 7 N–H and O–H groups in total. The van der Waals surface area contributed by atoms with Crippen LogP contribution in [0.4, 0.5) is 5.82 Å². The largest absolute Gasteiger partial charge is 0.481 e. The van der Waals surface area contributed by atoms with E-state index < -0.39 is 60.6 Å². The molecule has 0 fully saturated rings. The van der Waals surface area contributed by atoms with Crippen LogP contribution in [-0.2, 0) is 35.3 Å². The van der Waals surface area contributed by atoms with Crippen molar-refractivity contribution in [3.63, 3.8) is 0 Å². The lowest BCUT2D eigenvalue weighted by atomic mass is 10.1. The smallest absolute Gasteiger partial charge is 0.326 e. The van der Waals surface area contributed by atoms with Crippen LogP contribution in [0.5, 0.6) is 0 Å². The van der Waals surface area contributed by atoms with Gasteiger partial charge in [-0.25, -0.2) is 19.7 Å². The second kappa shape index (κ2) is 12.6. The summed E-state index contributed by atoms with van der Waals surface area (Å²) in [6.45, 7) is -0.325. The molecule has 3 amide bonds. The zero-order valence-electron chi connectivity index (χ0n) is 18.9. The average molecular weight is 508 g/mol. The van der Waals surface area contributed by atoms with Gasteiger partial charge in [0.1, 0.15) is 30.5 Å². The molecule has 2 atom stereocenters. The van der Waals surface area contributed by atoms with Gasteiger partial charge in [0, 0.05) is 20.0 Å². The lowest BCUT2D eigenvalue weighted by Gasteiger charge is -2.19. The number of aliphatic carboxylic acids is 3. The number of carbonyl (C=O) groups excluding carboxylic acids is 3. The first kappa shape index (κ1) is 27.4. The SMILES string of the molecule is CNc1ncnc2c1ncn2CC(=O)NCCC(=O)N[C@@H](CC(=O)O)C(=O)N[C@@H](CC(=O)O)C(=O)O. The van der Waals surface area contributed by atoms with Crippen LogP contribution in [0.1, 0.15) is 19.3 Å². The predicted molar refractivity (Wildman–Crippen MR) is 118 cm³/mol. The van der Waals surface area contributed by atoms with Gasteiger partial charge in [-0.1, -0.05) is 0 Å². The Morgan fingerprint density at radius 2 is 1.58 bits per heavy atom. The van der Waals surface area contributed by atoms with Crippen molar-refractivity contribution in [3.8, 4) is 0 Å². The Hall–Kier alpha value is -4.83. The molecule has 0 bridgehead atoms. The van der Waals surface area contributed by atoms with E-state index in [1.165, 1.54) is 17.2 Å². The van der Waals surface area contributed by atoms with E-state index in [9.17, 15) is 28.8 Å². The number of carboxylic acid groups (broad SMARTS) is 3. The Morgan fingerprint density at radius 1 is 0.917 bits per heavy atom. The standard InChI is InChI=1S/C19H24N8O9/c1-20-16-15-17(23-7-22-16)27(8-24-15)6-12(29)21-3-2-11(28)25-9(4-13(30)31)18(34)26-10(19(35)36)5-14(32)33/h7-10H,2-6H2,1H3,(H,21,29)(H,25,28)(H,26,34)(H,30,31)(H,32,33)(H,35,36)(H,20,22,23)/t9-,10-/m0/s1. The molecule has 2 aromatic rings. The van der Waals surface area contributed by atoms with E-state index in [1.807, 2.05) is 5.32 Å². The van der Waals surface area contributed by atoms with E-state index in [0.717, 1.165) is 0 Å². The highest BCUT2D eigenvalue weighted by Gasteiger charge is 2.29. The number of anilines is 1. The Kier molecular flexibility index (Phi) is 9.58. The monoisotopic (exact) mass is 508 g/mol. The van der Waals surface area contributed by atoms with Crippen molar-refractivity contribution >= 4 is 52.6 Å². The first-order valence-corrected chi connectivity index (χ1v) is 10.4. The minimum Gasteiger partial charge on any atom is -0.481 e. The number of fused-ring (bicyclic) bond motifs is 1. The molecule has 0 aliphatic heterocycles. The molecule has 17 heteroatoms. The third-order valence-corrected chi connectivity index (χ3v) is 4.65. The number of imidazole rings is 1. The normalized spacial score (nSPS) is 12.2. The predicted octanol–water partition coefficient (Wildman–Crippen LogP) is -2.62. The van der Waals surface area contributed by atoms with Crippen molar-refractivity contribution < 1.29 is 44.1 Å². The average Bonchev–Trinajstić information content (AvgIpc) is 3.20. The molecule has 17 nitrogen and oxygen atoms in total. The molecule has 0 unspecified atom stereocenters. The van der Waals surface area contributed by atoms with Gasteiger partial charge in [-0.15, -0.1) is 0 Å². The van der Waals surface area contributed by atoms with Gasteiger partial charge >= 0.3 is 17.9 Å². The number of nitrogens with one attached hydrogen (secondary N) is 4. The minimum atomic E-state index is -1.82. The Morgan fingerprint density at radius 3 is 2.19 bits per heavy atom. The van der Waals surface area contributed by atoms with Crippen LogP contribution in [0.3, 0.4) is 0 Å². The van der Waals surface area contributed by atoms with Crippen molar-refractivity contribution in [2.75, 3.05) is 18.9 Å². The summed E-state index contributed by atoms with van der Waals surface area (Å²) in [7, 11) is 1.66. The molecule has 2 rings (SSSR count). The summed E-state index contributed by atoms with van der Waals surface area (Å²) in [6.07, 6.45) is 0.543. The van der Waals surface area contributed by atoms with Gasteiger partial charge in [-0.3, -0.25) is 24.0 Å². The molecule has 0 spiro atoms. The fraction of sp³-hybridized carbons (Fsp3) is 0.421. The first-order chi connectivity index (χ1) is 17.0. The number of hydrogen-bond donors (Lipinski definition) is 7. The molecule has 0 aromatic carbocycles. The Labute approximate surface area is 202 Å². The van der Waals surface area contributed by atoms with Gasteiger partial charge in [0.05, 0.1) is 19.2 Å². The molecular formula is C19H24N8O9. The lowest BCUT2D eigenvalue weighted by Crippen LogP contribution is -2.53. The van der Waals surface area contributed by atoms with Crippen LogP contribution in [0.2, 0.25) is 0 Å². The van der Waals surface area contributed by atoms with Gasteiger partial charge in [-0.2, -0.15) is 0 Å². The number of hydrogen-bond acceptors (Lipinski definition) is 10. The molecule has 2 aromatic heterocycles. The summed E-state index contributed by atoms with van der Waals surface area (Å²) in [5.74, 6) is -6.60. The molecule has 2 heterocycles. The molecule has 0 aliphatic rings. The molecule has 36 heavy (non-hydrogen) atoms. The number of rotatable bonds is 14. The quantitative estimate of drug-likeness (QED) is 0.138. The summed E-state index contributed by atoms with van der Waals surface area (Å²) in [5, 5.41) is 36.1. The second-order valence-electron chi connectivity index (χ2n) is 7.33. The maximum atomic E-state index is 12.3. The molecular weight excluding hydrogens is 484 g/mol. The van der Waals surface area contributed by atoms with Crippen LogP contribution in [0, 0.1) is 0 Å². The fourth-order valence-corrected chi connectivity index (χ4v) is 3.00. The van der Waals surface area contributed by atoms with Crippen LogP contribution in [0.25, 0.3) is 11.2 Å². The summed E-state index contributed by atoms with van der Waals surface area (Å²) < 4.78 is 1.47. The van der Waals surface area contributed by atoms with Gasteiger partial charge in [0.15, 0.2) is 11.5 Å². The van der Waals surface area contributed by atoms with Gasteiger partial charge in [0.25, 0.3) is 0 Å². The van der Waals surface area contributed by atoms with E-state index in [2.05, 4.69) is 30.9 Å². The first-order valence-electron chi connectivity index (χ1n) is 10.4. The Bertz CT molecular complexity index is 1160. The van der Waals surface area contributed by atoms with Gasteiger partial charge in [-0.05, 0) is 0 Å². The van der Waals surface area contributed by atoms with E-state index in [1.54, 1.807) is 7.05 Å². The topological polar surface area (TPSA) is 255 Å². The number of aromatic nitrogens is 4. The van der Waals surface area contributed by atoms with E-state index in [-0.39, 0.29) is 19.5 Å². The summed E-state index contributed by atoms with van der Waals surface area (Å²) in [6, 6.07) is -3.49. The van der Waals surface area contributed by atoms with Crippen molar-refractivity contribution in [2.24, 2.45) is 0 Å². The minimum absolute atomic E-state index is 0.160. The molecule has 0 saturated carbocycles.